The lowest BCUT2D eigenvalue weighted by Crippen LogP contribution is -2.24. The minimum atomic E-state index is -0.827. The zero-order chi connectivity index (χ0) is 13.2. The van der Waals surface area contributed by atoms with E-state index in [0.29, 0.717) is 10.9 Å². The highest BCUT2D eigenvalue weighted by Gasteiger charge is 2.29. The van der Waals surface area contributed by atoms with E-state index < -0.39 is 5.97 Å². The first-order chi connectivity index (χ1) is 9.22. The predicted octanol–water partition coefficient (Wildman–Crippen LogP) is 3.67. The molecule has 2 aromatic heterocycles. The molecule has 0 aliphatic heterocycles. The average Bonchev–Trinajstić information content (AvgIpc) is 2.90. The summed E-state index contributed by atoms with van der Waals surface area (Å²) in [5.41, 5.74) is 1.35. The molecule has 2 heterocycles. The fraction of sp³-hybridized carbons (Fsp3) is 0.357. The molecule has 100 valence electrons. The molecule has 0 saturated heterocycles. The van der Waals surface area contributed by atoms with Crippen molar-refractivity contribution in [3.05, 3.63) is 44.3 Å². The van der Waals surface area contributed by atoms with Crippen LogP contribution in [0.3, 0.4) is 0 Å². The molecule has 0 radical (unpaired) electrons. The average molecular weight is 293 g/mol. The van der Waals surface area contributed by atoms with Gasteiger partial charge in [-0.1, -0.05) is 0 Å². The molecule has 3 nitrogen and oxygen atoms in total. The lowest BCUT2D eigenvalue weighted by atomic mass is 10.3. The van der Waals surface area contributed by atoms with Gasteiger partial charge in [0.2, 0.25) is 0 Å². The molecule has 0 atom stereocenters. The summed E-state index contributed by atoms with van der Waals surface area (Å²) in [6.07, 6.45) is 2.53. The van der Waals surface area contributed by atoms with Gasteiger partial charge in [0.1, 0.15) is 4.88 Å². The van der Waals surface area contributed by atoms with Crippen LogP contribution in [0.4, 0.5) is 0 Å². The molecule has 0 amide bonds. The Hall–Kier alpha value is -1.17. The van der Waals surface area contributed by atoms with Crippen LogP contribution in [-0.2, 0) is 13.1 Å². The van der Waals surface area contributed by atoms with E-state index in [9.17, 15) is 4.79 Å². The van der Waals surface area contributed by atoms with Gasteiger partial charge < -0.3 is 5.11 Å². The van der Waals surface area contributed by atoms with E-state index in [1.54, 1.807) is 17.4 Å². The van der Waals surface area contributed by atoms with Crippen LogP contribution in [-0.4, -0.2) is 22.0 Å². The number of thiophene rings is 2. The number of nitrogens with zero attached hydrogens (tertiary/aromatic N) is 1. The van der Waals surface area contributed by atoms with Crippen molar-refractivity contribution in [3.63, 3.8) is 0 Å². The van der Waals surface area contributed by atoms with Gasteiger partial charge in [-0.15, -0.1) is 11.3 Å². The second-order valence-corrected chi connectivity index (χ2v) is 6.79. The molecule has 0 unspecified atom stereocenters. The monoisotopic (exact) mass is 293 g/mol. The van der Waals surface area contributed by atoms with Crippen molar-refractivity contribution >= 4 is 28.6 Å². The van der Waals surface area contributed by atoms with Crippen molar-refractivity contribution in [1.29, 1.82) is 0 Å². The predicted molar refractivity (Wildman–Crippen MR) is 77.9 cm³/mol. The number of carboxylic acids is 1. The van der Waals surface area contributed by atoms with E-state index in [1.807, 2.05) is 6.07 Å². The smallest absolute Gasteiger partial charge is 0.345 e. The van der Waals surface area contributed by atoms with E-state index in [4.69, 9.17) is 5.11 Å². The summed E-state index contributed by atoms with van der Waals surface area (Å²) in [6, 6.07) is 6.49. The third-order valence-electron chi connectivity index (χ3n) is 3.26. The number of carboxylic acid groups (broad SMARTS) is 1. The summed E-state index contributed by atoms with van der Waals surface area (Å²) >= 11 is 3.11. The first-order valence-electron chi connectivity index (χ1n) is 6.29. The van der Waals surface area contributed by atoms with Crippen molar-refractivity contribution in [3.8, 4) is 0 Å². The molecule has 1 N–H and O–H groups in total. The molecule has 1 saturated carbocycles. The van der Waals surface area contributed by atoms with Gasteiger partial charge in [-0.2, -0.15) is 11.3 Å². The van der Waals surface area contributed by atoms with Gasteiger partial charge in [-0.05, 0) is 47.4 Å². The summed E-state index contributed by atoms with van der Waals surface area (Å²) in [5, 5.41) is 13.3. The summed E-state index contributed by atoms with van der Waals surface area (Å²) in [6.45, 7) is 1.83. The Kier molecular flexibility index (Phi) is 3.68. The fourth-order valence-corrected chi connectivity index (χ4v) is 3.68. The first kappa shape index (κ1) is 12.8. The van der Waals surface area contributed by atoms with Crippen LogP contribution >= 0.6 is 22.7 Å². The number of rotatable bonds is 6. The Morgan fingerprint density at radius 3 is 2.74 bits per heavy atom. The van der Waals surface area contributed by atoms with Crippen molar-refractivity contribution < 1.29 is 9.90 Å². The van der Waals surface area contributed by atoms with Crippen LogP contribution < -0.4 is 0 Å². The second kappa shape index (κ2) is 5.45. The lowest BCUT2D eigenvalue weighted by molar-refractivity contribution is 0.0702. The van der Waals surface area contributed by atoms with E-state index in [-0.39, 0.29) is 0 Å². The highest BCUT2D eigenvalue weighted by atomic mass is 32.1. The minimum absolute atomic E-state index is 0.432. The summed E-state index contributed by atoms with van der Waals surface area (Å²) in [7, 11) is 0. The van der Waals surface area contributed by atoms with E-state index in [2.05, 4.69) is 21.7 Å². The molecule has 3 rings (SSSR count). The molecular weight excluding hydrogens is 278 g/mol. The minimum Gasteiger partial charge on any atom is -0.477 e. The molecule has 0 spiro atoms. The molecule has 1 aliphatic rings. The number of carbonyl (C=O) groups is 1. The van der Waals surface area contributed by atoms with E-state index >= 15 is 0 Å². The maximum Gasteiger partial charge on any atom is 0.345 e. The molecule has 19 heavy (non-hydrogen) atoms. The standard InChI is InChI=1S/C14H15NO2S2/c16-14(17)13-4-3-12(19-13)8-15(11-1-2-11)7-10-5-6-18-9-10/h3-6,9,11H,1-2,7-8H2,(H,16,17). The van der Waals surface area contributed by atoms with Gasteiger partial charge in [0, 0.05) is 24.0 Å². The Labute approximate surface area is 120 Å². The Balaban J connectivity index is 1.68. The summed E-state index contributed by atoms with van der Waals surface area (Å²) in [4.78, 5) is 14.9. The highest BCUT2D eigenvalue weighted by molar-refractivity contribution is 7.13. The number of hydrogen-bond donors (Lipinski definition) is 1. The van der Waals surface area contributed by atoms with Crippen LogP contribution in [0, 0.1) is 0 Å². The molecule has 1 fully saturated rings. The van der Waals surface area contributed by atoms with Gasteiger partial charge in [0.05, 0.1) is 0 Å². The van der Waals surface area contributed by atoms with Gasteiger partial charge in [0.15, 0.2) is 0 Å². The normalized spacial score (nSPS) is 15.0. The number of hydrogen-bond acceptors (Lipinski definition) is 4. The van der Waals surface area contributed by atoms with Crippen LogP contribution in [0.2, 0.25) is 0 Å². The first-order valence-corrected chi connectivity index (χ1v) is 8.05. The van der Waals surface area contributed by atoms with Crippen molar-refractivity contribution in [2.24, 2.45) is 0 Å². The lowest BCUT2D eigenvalue weighted by Gasteiger charge is -2.20. The molecule has 2 aromatic rings. The third kappa shape index (κ3) is 3.23. The van der Waals surface area contributed by atoms with Gasteiger partial charge >= 0.3 is 5.97 Å². The largest absolute Gasteiger partial charge is 0.477 e. The topological polar surface area (TPSA) is 40.5 Å². The maximum atomic E-state index is 10.9. The zero-order valence-electron chi connectivity index (χ0n) is 10.4. The van der Waals surface area contributed by atoms with Crippen LogP contribution in [0.5, 0.6) is 0 Å². The van der Waals surface area contributed by atoms with Gasteiger partial charge in [-0.3, -0.25) is 4.90 Å². The van der Waals surface area contributed by atoms with Gasteiger partial charge in [0.25, 0.3) is 0 Å². The maximum absolute atomic E-state index is 10.9. The van der Waals surface area contributed by atoms with E-state index in [1.165, 1.54) is 29.7 Å². The molecular formula is C14H15NO2S2. The van der Waals surface area contributed by atoms with Crippen LogP contribution in [0.25, 0.3) is 0 Å². The van der Waals surface area contributed by atoms with Crippen LogP contribution in [0.15, 0.2) is 29.0 Å². The van der Waals surface area contributed by atoms with Crippen molar-refractivity contribution in [2.45, 2.75) is 32.0 Å². The molecule has 0 aromatic carbocycles. The van der Waals surface area contributed by atoms with Crippen molar-refractivity contribution in [1.82, 2.24) is 4.90 Å². The molecule has 5 heteroatoms. The Bertz CT molecular complexity index is 558. The summed E-state index contributed by atoms with van der Waals surface area (Å²) in [5.74, 6) is -0.827. The van der Waals surface area contributed by atoms with Gasteiger partial charge in [-0.25, -0.2) is 4.79 Å². The Morgan fingerprint density at radius 2 is 2.16 bits per heavy atom. The third-order valence-corrected chi connectivity index (χ3v) is 5.05. The zero-order valence-corrected chi connectivity index (χ0v) is 12.0. The fourth-order valence-electron chi connectivity index (χ4n) is 2.15. The second-order valence-electron chi connectivity index (χ2n) is 4.84. The number of aromatic carboxylic acids is 1. The Morgan fingerprint density at radius 1 is 1.32 bits per heavy atom. The van der Waals surface area contributed by atoms with Crippen LogP contribution in [0.1, 0.15) is 33.0 Å². The summed E-state index contributed by atoms with van der Waals surface area (Å²) < 4.78 is 0. The molecule has 1 aliphatic carbocycles. The highest BCUT2D eigenvalue weighted by Crippen LogP contribution is 2.31. The molecule has 0 bridgehead atoms. The quantitative estimate of drug-likeness (QED) is 0.883. The SMILES string of the molecule is O=C(O)c1ccc(CN(Cc2ccsc2)C2CC2)s1. The van der Waals surface area contributed by atoms with E-state index in [0.717, 1.165) is 18.0 Å². The van der Waals surface area contributed by atoms with Crippen molar-refractivity contribution in [2.75, 3.05) is 0 Å².